The molecule has 7 nitrogen and oxygen atoms in total. The molecule has 2 aliphatic heterocycles. The molecular weight excluding hydrogens is 322 g/mol. The standard InChI is InChI=1S/C18H21N3O4/c1-2-16-19-17(20-25-16)12-6-5-9-21(10-12)18(22)15-11-23-13-7-3-4-8-14(13)24-15/h3-4,7-8,12,15H,2,5-6,9-11H2,1H3/t12-,15+/m0/s1. The summed E-state index contributed by atoms with van der Waals surface area (Å²) < 4.78 is 16.7. The maximum absolute atomic E-state index is 12.9. The summed E-state index contributed by atoms with van der Waals surface area (Å²) in [7, 11) is 0. The maximum Gasteiger partial charge on any atom is 0.267 e. The van der Waals surface area contributed by atoms with Crippen molar-refractivity contribution in [1.82, 2.24) is 15.0 Å². The zero-order valence-corrected chi connectivity index (χ0v) is 14.2. The molecule has 25 heavy (non-hydrogen) atoms. The molecule has 0 unspecified atom stereocenters. The Bertz CT molecular complexity index is 760. The van der Waals surface area contributed by atoms with Gasteiger partial charge in [-0.2, -0.15) is 4.98 Å². The van der Waals surface area contributed by atoms with Gasteiger partial charge in [0, 0.05) is 25.4 Å². The van der Waals surface area contributed by atoms with E-state index >= 15 is 0 Å². The predicted octanol–water partition coefficient (Wildman–Crippen LogP) is 2.18. The number of rotatable bonds is 3. The van der Waals surface area contributed by atoms with Gasteiger partial charge >= 0.3 is 0 Å². The number of amides is 1. The number of aromatic nitrogens is 2. The minimum absolute atomic E-state index is 0.0431. The van der Waals surface area contributed by atoms with E-state index in [1.165, 1.54) is 0 Å². The predicted molar refractivity (Wildman–Crippen MR) is 88.6 cm³/mol. The Morgan fingerprint density at radius 3 is 2.96 bits per heavy atom. The third-order valence-corrected chi connectivity index (χ3v) is 4.67. The van der Waals surface area contributed by atoms with Crippen LogP contribution in [0.1, 0.15) is 37.4 Å². The number of ether oxygens (including phenoxy) is 2. The second-order valence-electron chi connectivity index (χ2n) is 6.39. The molecule has 0 N–H and O–H groups in total. The summed E-state index contributed by atoms with van der Waals surface area (Å²) >= 11 is 0. The van der Waals surface area contributed by atoms with E-state index in [9.17, 15) is 4.79 Å². The first kappa shape index (κ1) is 15.9. The Balaban J connectivity index is 1.43. The molecule has 1 aromatic heterocycles. The lowest BCUT2D eigenvalue weighted by Gasteiger charge is -2.35. The van der Waals surface area contributed by atoms with E-state index in [4.69, 9.17) is 14.0 Å². The molecule has 3 heterocycles. The van der Waals surface area contributed by atoms with Crippen LogP contribution in [0, 0.1) is 0 Å². The van der Waals surface area contributed by atoms with Crippen molar-refractivity contribution in [1.29, 1.82) is 0 Å². The second-order valence-corrected chi connectivity index (χ2v) is 6.39. The molecule has 0 spiro atoms. The molecule has 1 saturated heterocycles. The van der Waals surface area contributed by atoms with E-state index in [2.05, 4.69) is 10.1 Å². The number of fused-ring (bicyclic) bond motifs is 1. The summed E-state index contributed by atoms with van der Waals surface area (Å²) in [4.78, 5) is 19.1. The topological polar surface area (TPSA) is 77.7 Å². The number of hydrogen-bond acceptors (Lipinski definition) is 6. The number of para-hydroxylation sites is 2. The molecule has 1 amide bonds. The fourth-order valence-electron chi connectivity index (χ4n) is 3.31. The van der Waals surface area contributed by atoms with Crippen LogP contribution in [0.5, 0.6) is 11.5 Å². The Morgan fingerprint density at radius 1 is 1.32 bits per heavy atom. The molecule has 2 aliphatic rings. The molecule has 7 heteroatoms. The van der Waals surface area contributed by atoms with Crippen molar-refractivity contribution < 1.29 is 18.8 Å². The van der Waals surface area contributed by atoms with Crippen LogP contribution in [-0.4, -0.2) is 46.7 Å². The molecule has 0 bridgehead atoms. The van der Waals surface area contributed by atoms with Crippen molar-refractivity contribution >= 4 is 5.91 Å². The molecule has 0 saturated carbocycles. The summed E-state index contributed by atoms with van der Waals surface area (Å²) in [6, 6.07) is 7.41. The molecule has 1 fully saturated rings. The highest BCUT2D eigenvalue weighted by atomic mass is 16.6. The summed E-state index contributed by atoms with van der Waals surface area (Å²) in [5, 5.41) is 4.07. The number of carbonyl (C=O) groups is 1. The van der Waals surface area contributed by atoms with Gasteiger partial charge in [0.25, 0.3) is 5.91 Å². The van der Waals surface area contributed by atoms with Gasteiger partial charge in [0.2, 0.25) is 12.0 Å². The number of likely N-dealkylation sites (tertiary alicyclic amines) is 1. The molecule has 0 aliphatic carbocycles. The second kappa shape index (κ2) is 6.74. The van der Waals surface area contributed by atoms with Crippen molar-refractivity contribution in [3.8, 4) is 11.5 Å². The van der Waals surface area contributed by atoms with E-state index < -0.39 is 6.10 Å². The molecule has 0 radical (unpaired) electrons. The quantitative estimate of drug-likeness (QED) is 0.850. The van der Waals surface area contributed by atoms with Gasteiger partial charge in [0.1, 0.15) is 6.61 Å². The first-order valence-electron chi connectivity index (χ1n) is 8.74. The van der Waals surface area contributed by atoms with Gasteiger partial charge in [-0.15, -0.1) is 0 Å². The number of hydrogen-bond donors (Lipinski definition) is 0. The van der Waals surface area contributed by atoms with Crippen LogP contribution in [0.3, 0.4) is 0 Å². The summed E-state index contributed by atoms with van der Waals surface area (Å²) in [5.41, 5.74) is 0. The van der Waals surface area contributed by atoms with E-state index in [0.29, 0.717) is 29.8 Å². The van der Waals surface area contributed by atoms with Crippen LogP contribution in [0.4, 0.5) is 0 Å². The lowest BCUT2D eigenvalue weighted by atomic mass is 9.97. The third kappa shape index (κ3) is 3.18. The smallest absolute Gasteiger partial charge is 0.267 e. The van der Waals surface area contributed by atoms with E-state index in [1.54, 1.807) is 0 Å². The number of benzene rings is 1. The largest absolute Gasteiger partial charge is 0.485 e. The Labute approximate surface area is 145 Å². The average molecular weight is 343 g/mol. The van der Waals surface area contributed by atoms with Gasteiger partial charge in [0.05, 0.1) is 0 Å². The van der Waals surface area contributed by atoms with Crippen molar-refractivity contribution in [2.24, 2.45) is 0 Å². The minimum Gasteiger partial charge on any atom is -0.485 e. The highest BCUT2D eigenvalue weighted by Gasteiger charge is 2.34. The van der Waals surface area contributed by atoms with Crippen molar-refractivity contribution in [2.75, 3.05) is 19.7 Å². The van der Waals surface area contributed by atoms with Gasteiger partial charge in [-0.3, -0.25) is 4.79 Å². The van der Waals surface area contributed by atoms with Crippen molar-refractivity contribution in [3.63, 3.8) is 0 Å². The monoisotopic (exact) mass is 343 g/mol. The highest BCUT2D eigenvalue weighted by molar-refractivity contribution is 5.82. The Kier molecular flexibility index (Phi) is 4.29. The lowest BCUT2D eigenvalue weighted by Crippen LogP contribution is -2.49. The van der Waals surface area contributed by atoms with E-state index in [1.807, 2.05) is 36.1 Å². The Morgan fingerprint density at radius 2 is 2.16 bits per heavy atom. The zero-order valence-electron chi connectivity index (χ0n) is 14.2. The first-order valence-corrected chi connectivity index (χ1v) is 8.74. The zero-order chi connectivity index (χ0) is 17.2. The van der Waals surface area contributed by atoms with Gasteiger partial charge in [0.15, 0.2) is 17.3 Å². The number of carbonyl (C=O) groups excluding carboxylic acids is 1. The number of nitrogens with zero attached hydrogens (tertiary/aromatic N) is 3. The SMILES string of the molecule is CCc1nc([C@H]2CCCN(C(=O)[C@H]3COc4ccccc4O3)C2)no1. The summed E-state index contributed by atoms with van der Waals surface area (Å²) in [6.45, 7) is 3.52. The summed E-state index contributed by atoms with van der Waals surface area (Å²) in [6.07, 6.45) is 1.98. The summed E-state index contributed by atoms with van der Waals surface area (Å²) in [5.74, 6) is 2.70. The molecule has 2 atom stereocenters. The van der Waals surface area contributed by atoms with Gasteiger partial charge in [-0.25, -0.2) is 0 Å². The minimum atomic E-state index is -0.606. The van der Waals surface area contributed by atoms with Crippen LogP contribution in [0.2, 0.25) is 0 Å². The van der Waals surface area contributed by atoms with E-state index in [-0.39, 0.29) is 18.4 Å². The lowest BCUT2D eigenvalue weighted by molar-refractivity contribution is -0.142. The van der Waals surface area contributed by atoms with Gasteiger partial charge in [-0.05, 0) is 25.0 Å². The number of piperidine rings is 1. The van der Waals surface area contributed by atoms with Gasteiger partial charge < -0.3 is 18.9 Å². The molecule has 132 valence electrons. The van der Waals surface area contributed by atoms with Crippen LogP contribution in [0.25, 0.3) is 0 Å². The van der Waals surface area contributed by atoms with Crippen molar-refractivity contribution in [3.05, 3.63) is 36.0 Å². The van der Waals surface area contributed by atoms with Crippen molar-refractivity contribution in [2.45, 2.75) is 38.2 Å². The van der Waals surface area contributed by atoms with Gasteiger partial charge in [-0.1, -0.05) is 24.2 Å². The molecular formula is C18H21N3O4. The van der Waals surface area contributed by atoms with E-state index in [0.717, 1.165) is 25.8 Å². The van der Waals surface area contributed by atoms with Crippen LogP contribution >= 0.6 is 0 Å². The maximum atomic E-state index is 12.9. The van der Waals surface area contributed by atoms with Crippen LogP contribution in [-0.2, 0) is 11.2 Å². The normalized spacial score (nSPS) is 22.7. The first-order chi connectivity index (χ1) is 12.2. The average Bonchev–Trinajstić information content (AvgIpc) is 3.16. The molecule has 1 aromatic carbocycles. The van der Waals surface area contributed by atoms with Crippen LogP contribution in [0.15, 0.2) is 28.8 Å². The molecule has 4 rings (SSSR count). The fourth-order valence-corrected chi connectivity index (χ4v) is 3.31. The Hall–Kier alpha value is -2.57. The van der Waals surface area contributed by atoms with Crippen LogP contribution < -0.4 is 9.47 Å². The number of aryl methyl sites for hydroxylation is 1. The molecule has 2 aromatic rings. The highest BCUT2D eigenvalue weighted by Crippen LogP contribution is 2.32. The fraction of sp³-hybridized carbons (Fsp3) is 0.500. The third-order valence-electron chi connectivity index (χ3n) is 4.67.